The van der Waals surface area contributed by atoms with E-state index in [9.17, 15) is 4.79 Å². The third kappa shape index (κ3) is 3.25. The number of nitrogens with zero attached hydrogens (tertiary/aromatic N) is 3. The molecule has 0 aliphatic rings. The third-order valence-corrected chi connectivity index (χ3v) is 4.03. The molecular formula is C15H17N5OS. The third-order valence-electron chi connectivity index (χ3n) is 3.15. The molecule has 0 unspecified atom stereocenters. The normalized spacial score (nSPS) is 10.8. The maximum atomic E-state index is 11.6. The van der Waals surface area contributed by atoms with Gasteiger partial charge in [0.25, 0.3) is 5.56 Å². The van der Waals surface area contributed by atoms with Crippen LogP contribution in [0.1, 0.15) is 18.9 Å². The number of hydrogen-bond acceptors (Lipinski definition) is 6. The van der Waals surface area contributed by atoms with E-state index in [1.165, 1.54) is 28.1 Å². The Morgan fingerprint density at radius 1 is 1.18 bits per heavy atom. The summed E-state index contributed by atoms with van der Waals surface area (Å²) in [6, 6.07) is 9.68. The standard InChI is InChI=1S/C15H17N5OS/c1-2-8-16-12-5-3-11(4-6-12)10-18-14-19-20-13(21)7-9-17-15(20)22-14/h3-7,9,16H,2,8,10H2,1H3,(H,18,19). The summed E-state index contributed by atoms with van der Waals surface area (Å²) in [6.45, 7) is 3.77. The van der Waals surface area contributed by atoms with Crippen molar-refractivity contribution < 1.29 is 0 Å². The van der Waals surface area contributed by atoms with Gasteiger partial charge < -0.3 is 10.6 Å². The van der Waals surface area contributed by atoms with Gasteiger partial charge in [-0.2, -0.15) is 4.52 Å². The number of fused-ring (bicyclic) bond motifs is 1. The van der Waals surface area contributed by atoms with Gasteiger partial charge in [0.1, 0.15) is 0 Å². The van der Waals surface area contributed by atoms with Crippen molar-refractivity contribution in [2.45, 2.75) is 19.9 Å². The number of nitrogens with one attached hydrogen (secondary N) is 2. The highest BCUT2D eigenvalue weighted by Gasteiger charge is 2.05. The molecule has 2 N–H and O–H groups in total. The van der Waals surface area contributed by atoms with Crippen molar-refractivity contribution in [1.82, 2.24) is 14.6 Å². The Morgan fingerprint density at radius 3 is 2.73 bits per heavy atom. The van der Waals surface area contributed by atoms with Gasteiger partial charge in [0, 0.05) is 31.0 Å². The van der Waals surface area contributed by atoms with Crippen LogP contribution in [0.3, 0.4) is 0 Å². The van der Waals surface area contributed by atoms with Crippen LogP contribution < -0.4 is 16.2 Å². The summed E-state index contributed by atoms with van der Waals surface area (Å²) in [7, 11) is 0. The molecule has 3 aromatic rings. The van der Waals surface area contributed by atoms with Crippen LogP contribution >= 0.6 is 11.3 Å². The second-order valence-corrected chi connectivity index (χ2v) is 5.82. The van der Waals surface area contributed by atoms with Crippen LogP contribution in [-0.2, 0) is 6.54 Å². The van der Waals surface area contributed by atoms with E-state index in [-0.39, 0.29) is 5.56 Å². The lowest BCUT2D eigenvalue weighted by Crippen LogP contribution is -2.12. The Hall–Kier alpha value is -2.41. The summed E-state index contributed by atoms with van der Waals surface area (Å²) in [5.41, 5.74) is 2.11. The molecule has 114 valence electrons. The van der Waals surface area contributed by atoms with Crippen LogP contribution in [0, 0.1) is 0 Å². The fourth-order valence-electron chi connectivity index (χ4n) is 2.00. The molecule has 7 heteroatoms. The van der Waals surface area contributed by atoms with Crippen LogP contribution in [0.5, 0.6) is 0 Å². The lowest BCUT2D eigenvalue weighted by Gasteiger charge is -2.06. The minimum Gasteiger partial charge on any atom is -0.385 e. The van der Waals surface area contributed by atoms with Gasteiger partial charge in [0.2, 0.25) is 10.1 Å². The van der Waals surface area contributed by atoms with Gasteiger partial charge in [-0.05, 0) is 24.1 Å². The highest BCUT2D eigenvalue weighted by Crippen LogP contribution is 2.17. The quantitative estimate of drug-likeness (QED) is 0.731. The summed E-state index contributed by atoms with van der Waals surface area (Å²) >= 11 is 1.36. The van der Waals surface area contributed by atoms with Crippen molar-refractivity contribution in [3.05, 3.63) is 52.4 Å². The molecule has 0 atom stereocenters. The maximum absolute atomic E-state index is 11.6. The predicted molar refractivity (Wildman–Crippen MR) is 89.7 cm³/mol. The van der Waals surface area contributed by atoms with Crippen molar-refractivity contribution in [3.63, 3.8) is 0 Å². The van der Waals surface area contributed by atoms with Gasteiger partial charge in [0.15, 0.2) is 0 Å². The van der Waals surface area contributed by atoms with E-state index < -0.39 is 0 Å². The van der Waals surface area contributed by atoms with Gasteiger partial charge in [-0.15, -0.1) is 5.10 Å². The van der Waals surface area contributed by atoms with Crippen LogP contribution in [0.4, 0.5) is 10.8 Å². The molecule has 0 bridgehead atoms. The van der Waals surface area contributed by atoms with Crippen molar-refractivity contribution in [3.8, 4) is 0 Å². The Morgan fingerprint density at radius 2 is 2.00 bits per heavy atom. The molecule has 0 spiro atoms. The van der Waals surface area contributed by atoms with E-state index in [4.69, 9.17) is 0 Å². The zero-order valence-corrected chi connectivity index (χ0v) is 13.1. The molecule has 22 heavy (non-hydrogen) atoms. The zero-order valence-electron chi connectivity index (χ0n) is 12.2. The molecule has 6 nitrogen and oxygen atoms in total. The number of anilines is 2. The van der Waals surface area contributed by atoms with Crippen molar-refractivity contribution >= 4 is 27.1 Å². The van der Waals surface area contributed by atoms with Gasteiger partial charge in [0.05, 0.1) is 0 Å². The molecule has 0 fully saturated rings. The summed E-state index contributed by atoms with van der Waals surface area (Å²) < 4.78 is 1.31. The fraction of sp³-hybridized carbons (Fsp3) is 0.267. The molecule has 0 aliphatic carbocycles. The summed E-state index contributed by atoms with van der Waals surface area (Å²) in [5, 5.41) is 11.5. The van der Waals surface area contributed by atoms with E-state index in [0.29, 0.717) is 16.6 Å². The molecule has 2 aromatic heterocycles. The molecule has 3 rings (SSSR count). The maximum Gasteiger partial charge on any atom is 0.275 e. The molecule has 0 amide bonds. The highest BCUT2D eigenvalue weighted by atomic mass is 32.1. The van der Waals surface area contributed by atoms with E-state index in [1.807, 2.05) is 0 Å². The minimum atomic E-state index is -0.166. The second-order valence-electron chi connectivity index (χ2n) is 4.86. The molecule has 2 heterocycles. The van der Waals surface area contributed by atoms with Crippen molar-refractivity contribution in [2.24, 2.45) is 0 Å². The largest absolute Gasteiger partial charge is 0.385 e. The first-order valence-corrected chi connectivity index (χ1v) is 7.99. The Balaban J connectivity index is 1.66. The summed E-state index contributed by atoms with van der Waals surface area (Å²) in [6.07, 6.45) is 2.61. The predicted octanol–water partition coefficient (Wildman–Crippen LogP) is 2.59. The number of rotatable bonds is 6. The lowest BCUT2D eigenvalue weighted by atomic mass is 10.2. The van der Waals surface area contributed by atoms with E-state index in [1.54, 1.807) is 0 Å². The first kappa shape index (κ1) is 14.5. The fourth-order valence-corrected chi connectivity index (χ4v) is 2.77. The average molecular weight is 315 g/mol. The minimum absolute atomic E-state index is 0.166. The Kier molecular flexibility index (Phi) is 4.34. The summed E-state index contributed by atoms with van der Waals surface area (Å²) in [5.74, 6) is 0. The van der Waals surface area contributed by atoms with Gasteiger partial charge in [-0.25, -0.2) is 4.98 Å². The molecule has 0 aliphatic heterocycles. The SMILES string of the molecule is CCCNc1ccc(CNc2nn3c(=O)ccnc3s2)cc1. The van der Waals surface area contributed by atoms with Gasteiger partial charge >= 0.3 is 0 Å². The Labute approximate surface area is 131 Å². The number of benzene rings is 1. The van der Waals surface area contributed by atoms with Crippen molar-refractivity contribution in [2.75, 3.05) is 17.2 Å². The molecule has 1 aromatic carbocycles. The zero-order chi connectivity index (χ0) is 15.4. The first-order valence-electron chi connectivity index (χ1n) is 7.18. The molecule has 0 radical (unpaired) electrons. The molecule has 0 saturated heterocycles. The average Bonchev–Trinajstić information content (AvgIpc) is 2.96. The monoisotopic (exact) mass is 315 g/mol. The number of aromatic nitrogens is 3. The van der Waals surface area contributed by atoms with Crippen LogP contribution in [0.25, 0.3) is 4.96 Å². The lowest BCUT2D eigenvalue weighted by molar-refractivity contribution is 0.895. The second kappa shape index (κ2) is 6.57. The highest BCUT2D eigenvalue weighted by molar-refractivity contribution is 7.20. The first-order chi connectivity index (χ1) is 10.8. The van der Waals surface area contributed by atoms with Gasteiger partial charge in [-0.3, -0.25) is 4.79 Å². The summed E-state index contributed by atoms with van der Waals surface area (Å²) in [4.78, 5) is 16.3. The smallest absolute Gasteiger partial charge is 0.275 e. The van der Waals surface area contributed by atoms with Crippen LogP contribution in [0.15, 0.2) is 41.3 Å². The van der Waals surface area contributed by atoms with Crippen LogP contribution in [-0.4, -0.2) is 21.1 Å². The number of hydrogen-bond donors (Lipinski definition) is 2. The van der Waals surface area contributed by atoms with Crippen LogP contribution in [0.2, 0.25) is 0 Å². The van der Waals surface area contributed by atoms with Crippen molar-refractivity contribution in [1.29, 1.82) is 0 Å². The van der Waals surface area contributed by atoms with E-state index >= 15 is 0 Å². The van der Waals surface area contributed by atoms with Gasteiger partial charge in [-0.1, -0.05) is 30.4 Å². The topological polar surface area (TPSA) is 71.3 Å². The molecule has 0 saturated carbocycles. The molecular weight excluding hydrogens is 298 g/mol. The van der Waals surface area contributed by atoms with E-state index in [0.717, 1.165) is 24.2 Å². The Bertz CT molecular complexity index is 809. The van der Waals surface area contributed by atoms with E-state index in [2.05, 4.69) is 51.9 Å².